The molecule has 11 nitrogen and oxygen atoms in total. The number of primary amides is 1. The highest BCUT2D eigenvalue weighted by Crippen LogP contribution is 2.24. The summed E-state index contributed by atoms with van der Waals surface area (Å²) in [5.74, 6) is -0.285. The molecule has 0 fully saturated rings. The van der Waals surface area contributed by atoms with E-state index in [1.165, 1.54) is 0 Å². The van der Waals surface area contributed by atoms with Crippen LogP contribution in [0.25, 0.3) is 11.4 Å². The van der Waals surface area contributed by atoms with Gasteiger partial charge in [0, 0.05) is 25.1 Å². The predicted molar refractivity (Wildman–Crippen MR) is 169 cm³/mol. The first-order valence-electron chi connectivity index (χ1n) is 13.9. The minimum absolute atomic E-state index is 0.0379. The second-order valence-electron chi connectivity index (χ2n) is 10.3. The average Bonchev–Trinajstić information content (AvgIpc) is 3.54. The Morgan fingerprint density at radius 2 is 1.27 bits per heavy atom. The highest BCUT2D eigenvalue weighted by atomic mass is 32.2. The van der Waals surface area contributed by atoms with Crippen LogP contribution >= 0.6 is 11.8 Å². The van der Waals surface area contributed by atoms with E-state index in [-0.39, 0.29) is 29.7 Å². The molecule has 0 bridgehead atoms. The Hall–Kier alpha value is -5.23. The molecule has 5 rings (SSSR count). The molecule has 4 N–H and O–H groups in total. The first-order chi connectivity index (χ1) is 21.1. The summed E-state index contributed by atoms with van der Waals surface area (Å²) in [6, 6.07) is 24.3. The van der Waals surface area contributed by atoms with E-state index in [1.807, 2.05) is 81.4 Å². The Morgan fingerprint density at radius 1 is 0.773 bits per heavy atom. The predicted octanol–water partition coefficient (Wildman–Crippen LogP) is 4.05. The lowest BCUT2D eigenvalue weighted by atomic mass is 10.1. The number of aromatic nitrogens is 5. The second-order valence-corrected chi connectivity index (χ2v) is 11.3. The van der Waals surface area contributed by atoms with Gasteiger partial charge in [0.1, 0.15) is 17.2 Å². The number of hydrogen-bond acceptors (Lipinski definition) is 6. The van der Waals surface area contributed by atoms with Crippen molar-refractivity contribution in [1.82, 2.24) is 19.6 Å². The van der Waals surface area contributed by atoms with Crippen molar-refractivity contribution in [2.75, 3.05) is 16.4 Å². The highest BCUT2D eigenvalue weighted by molar-refractivity contribution is 7.99. The number of nitrogens with two attached hydrogens (primary N) is 1. The lowest BCUT2D eigenvalue weighted by molar-refractivity contribution is -0.726. The van der Waals surface area contributed by atoms with Crippen molar-refractivity contribution in [2.45, 2.75) is 39.3 Å². The van der Waals surface area contributed by atoms with E-state index in [4.69, 9.17) is 5.73 Å². The molecule has 0 aliphatic rings. The monoisotopic (exact) mass is 609 g/mol. The fourth-order valence-electron chi connectivity index (χ4n) is 4.92. The molecule has 0 saturated carbocycles. The first-order valence-corrected chi connectivity index (χ1v) is 14.9. The summed E-state index contributed by atoms with van der Waals surface area (Å²) in [7, 11) is 0. The van der Waals surface area contributed by atoms with E-state index in [9.17, 15) is 14.4 Å². The Bertz CT molecular complexity index is 1850. The van der Waals surface area contributed by atoms with E-state index < -0.39 is 5.91 Å². The van der Waals surface area contributed by atoms with Crippen LogP contribution in [0.1, 0.15) is 33.0 Å². The van der Waals surface area contributed by atoms with Gasteiger partial charge < -0.3 is 16.4 Å². The number of amides is 3. The quantitative estimate of drug-likeness (QED) is 0.161. The van der Waals surface area contributed by atoms with Crippen molar-refractivity contribution < 1.29 is 19.0 Å². The number of pyridine rings is 1. The molecule has 3 amide bonds. The number of aryl methyl sites for hydroxylation is 4. The number of para-hydroxylation sites is 2. The van der Waals surface area contributed by atoms with E-state index in [2.05, 4.69) is 20.8 Å². The molecule has 0 aliphatic carbocycles. The van der Waals surface area contributed by atoms with E-state index in [1.54, 1.807) is 39.1 Å². The molecule has 2 aromatic carbocycles. The normalized spacial score (nSPS) is 10.9. The third-order valence-corrected chi connectivity index (χ3v) is 7.90. The zero-order chi connectivity index (χ0) is 31.4. The molecule has 5 aromatic rings. The Balaban J connectivity index is 1.38. The number of carbonyl (C=O) groups is 3. The van der Waals surface area contributed by atoms with E-state index in [0.717, 1.165) is 40.2 Å². The van der Waals surface area contributed by atoms with Crippen LogP contribution in [0.3, 0.4) is 0 Å². The molecular weight excluding hydrogens is 576 g/mol. The van der Waals surface area contributed by atoms with Gasteiger partial charge in [0.25, 0.3) is 16.8 Å². The van der Waals surface area contributed by atoms with Gasteiger partial charge in [0.05, 0.1) is 28.5 Å². The van der Waals surface area contributed by atoms with Crippen LogP contribution in [-0.2, 0) is 16.1 Å². The van der Waals surface area contributed by atoms with Crippen LogP contribution in [0.5, 0.6) is 0 Å². The average molecular weight is 610 g/mol. The van der Waals surface area contributed by atoms with Crippen LogP contribution in [0, 0.1) is 27.7 Å². The molecule has 0 atom stereocenters. The summed E-state index contributed by atoms with van der Waals surface area (Å²) in [5.41, 5.74) is 10.5. The maximum Gasteiger partial charge on any atom is 0.291 e. The zero-order valence-electron chi connectivity index (χ0n) is 24.9. The lowest BCUT2D eigenvalue weighted by Gasteiger charge is -2.13. The largest absolute Gasteiger partial charge is 0.365 e. The van der Waals surface area contributed by atoms with Crippen molar-refractivity contribution in [3.63, 3.8) is 0 Å². The summed E-state index contributed by atoms with van der Waals surface area (Å²) >= 11 is 1.14. The van der Waals surface area contributed by atoms with Crippen LogP contribution in [0.4, 0.5) is 11.6 Å². The van der Waals surface area contributed by atoms with Crippen LogP contribution in [0.2, 0.25) is 0 Å². The number of nitrogens with zero attached hydrogens (tertiary/aromatic N) is 5. The molecule has 0 radical (unpaired) electrons. The van der Waals surface area contributed by atoms with Crippen LogP contribution in [0.15, 0.2) is 83.9 Å². The molecule has 0 spiro atoms. The van der Waals surface area contributed by atoms with E-state index >= 15 is 0 Å². The number of anilines is 2. The van der Waals surface area contributed by atoms with Crippen LogP contribution in [-0.4, -0.2) is 43.0 Å². The van der Waals surface area contributed by atoms with Crippen LogP contribution < -0.4 is 20.9 Å². The third kappa shape index (κ3) is 6.70. The van der Waals surface area contributed by atoms with Crippen molar-refractivity contribution >= 4 is 41.1 Å². The fourth-order valence-corrected chi connectivity index (χ4v) is 6.03. The SMILES string of the molecule is Cc1cc(NC(=O)CSc2c(C(N)=O)c(C)cc(C)[n+]2CC(=O)Nc2cc(C)nn2-c2ccccc2)n(-c2ccccc2)n1. The molecule has 44 heavy (non-hydrogen) atoms. The number of rotatable bonds is 10. The van der Waals surface area contributed by atoms with Gasteiger partial charge in [-0.3, -0.25) is 14.4 Å². The number of benzene rings is 2. The van der Waals surface area contributed by atoms with Gasteiger partial charge in [-0.2, -0.15) is 14.8 Å². The van der Waals surface area contributed by atoms with Gasteiger partial charge in [0.2, 0.25) is 12.5 Å². The fraction of sp³-hybridized carbons (Fsp3) is 0.188. The van der Waals surface area contributed by atoms with Crippen molar-refractivity contribution in [3.05, 3.63) is 107 Å². The minimum Gasteiger partial charge on any atom is -0.365 e. The summed E-state index contributed by atoms with van der Waals surface area (Å²) in [5, 5.41) is 15.3. The lowest BCUT2D eigenvalue weighted by Crippen LogP contribution is -2.47. The number of nitrogens with one attached hydrogen (secondary N) is 2. The Labute approximate surface area is 259 Å². The maximum atomic E-state index is 13.4. The highest BCUT2D eigenvalue weighted by Gasteiger charge is 2.29. The van der Waals surface area contributed by atoms with Gasteiger partial charge in [-0.1, -0.05) is 36.4 Å². The van der Waals surface area contributed by atoms with Gasteiger partial charge in [-0.25, -0.2) is 9.36 Å². The summed E-state index contributed by atoms with van der Waals surface area (Å²) < 4.78 is 5.03. The van der Waals surface area contributed by atoms with E-state index in [0.29, 0.717) is 22.2 Å². The summed E-state index contributed by atoms with van der Waals surface area (Å²) in [6.45, 7) is 7.20. The number of hydrogen-bond donors (Lipinski definition) is 3. The molecule has 0 aliphatic heterocycles. The zero-order valence-corrected chi connectivity index (χ0v) is 25.7. The third-order valence-electron chi connectivity index (χ3n) is 6.79. The van der Waals surface area contributed by atoms with Gasteiger partial charge in [0.15, 0.2) is 5.69 Å². The smallest absolute Gasteiger partial charge is 0.291 e. The van der Waals surface area contributed by atoms with Gasteiger partial charge >= 0.3 is 0 Å². The number of thioether (sulfide) groups is 1. The minimum atomic E-state index is -0.643. The second kappa shape index (κ2) is 13.0. The van der Waals surface area contributed by atoms with Crippen molar-refractivity contribution in [2.24, 2.45) is 5.73 Å². The standard InChI is InChI=1S/C32H32N8O3S/c1-20-15-23(4)38(18-28(41)34-26-16-21(2)36-39(26)24-11-7-5-8-12-24)32(30(20)31(33)43)44-19-29(42)35-27-17-22(3)37-40(27)25-13-9-6-10-14-25/h5-17H,18-19H2,1-4H3,(H3-,33,34,35,36,37,41,42,43)/p+1. The molecule has 3 aromatic heterocycles. The summed E-state index contributed by atoms with van der Waals surface area (Å²) in [6.07, 6.45) is 0. The molecule has 224 valence electrons. The molecule has 0 unspecified atom stereocenters. The van der Waals surface area contributed by atoms with Crippen molar-refractivity contribution in [1.29, 1.82) is 0 Å². The Kier molecular flexibility index (Phi) is 8.91. The first kappa shape index (κ1) is 30.2. The Morgan fingerprint density at radius 3 is 1.77 bits per heavy atom. The van der Waals surface area contributed by atoms with Gasteiger partial charge in [-0.05, 0) is 62.4 Å². The molecule has 0 saturated heterocycles. The van der Waals surface area contributed by atoms with Gasteiger partial charge in [-0.15, -0.1) is 0 Å². The topological polar surface area (TPSA) is 141 Å². The summed E-state index contributed by atoms with van der Waals surface area (Å²) in [4.78, 5) is 39.2. The molecular formula is C32H33N8O3S+. The molecule has 3 heterocycles. The molecule has 12 heteroatoms. The number of carbonyl (C=O) groups excluding carboxylic acids is 3. The maximum absolute atomic E-state index is 13.4. The van der Waals surface area contributed by atoms with Crippen molar-refractivity contribution in [3.8, 4) is 11.4 Å².